The molecule has 5 heteroatoms. The Morgan fingerprint density at radius 1 is 0.913 bits per heavy atom. The molecule has 0 amide bonds. The van der Waals surface area contributed by atoms with E-state index in [-0.39, 0.29) is 12.4 Å². The van der Waals surface area contributed by atoms with Crippen LogP contribution in [0.15, 0.2) is 24.3 Å². The number of ether oxygens (including phenoxy) is 3. The van der Waals surface area contributed by atoms with Crippen molar-refractivity contribution in [2.45, 2.75) is 32.6 Å². The number of unbranched alkanes of at least 4 members (excludes halogenated alkanes) is 2. The van der Waals surface area contributed by atoms with Crippen molar-refractivity contribution in [1.82, 2.24) is 4.90 Å². The Morgan fingerprint density at radius 3 is 2.04 bits per heavy atom. The van der Waals surface area contributed by atoms with Gasteiger partial charge in [-0.3, -0.25) is 4.90 Å². The van der Waals surface area contributed by atoms with Crippen LogP contribution >= 0.6 is 12.4 Å². The lowest BCUT2D eigenvalue weighted by Crippen LogP contribution is -2.36. The highest BCUT2D eigenvalue weighted by Gasteiger charge is 2.08. The first kappa shape index (κ1) is 20.1. The van der Waals surface area contributed by atoms with Gasteiger partial charge in [0.05, 0.1) is 26.4 Å². The molecular formula is C18H30ClNO3. The van der Waals surface area contributed by atoms with Gasteiger partial charge in [-0.2, -0.15) is 0 Å². The molecule has 0 aromatic heterocycles. The van der Waals surface area contributed by atoms with Crippen LogP contribution in [0.25, 0.3) is 0 Å². The van der Waals surface area contributed by atoms with Crippen molar-refractivity contribution >= 4 is 12.4 Å². The summed E-state index contributed by atoms with van der Waals surface area (Å²) >= 11 is 0. The first-order valence-electron chi connectivity index (χ1n) is 8.54. The van der Waals surface area contributed by atoms with Crippen LogP contribution in [0.4, 0.5) is 0 Å². The van der Waals surface area contributed by atoms with E-state index in [4.69, 9.17) is 14.2 Å². The van der Waals surface area contributed by atoms with Gasteiger partial charge in [0, 0.05) is 13.1 Å². The molecule has 1 fully saturated rings. The highest BCUT2D eigenvalue weighted by molar-refractivity contribution is 5.85. The van der Waals surface area contributed by atoms with E-state index in [0.717, 1.165) is 76.8 Å². The maximum Gasteiger partial charge on any atom is 0.119 e. The summed E-state index contributed by atoms with van der Waals surface area (Å²) < 4.78 is 16.8. The van der Waals surface area contributed by atoms with E-state index in [1.807, 2.05) is 24.3 Å². The molecule has 2 rings (SSSR count). The SMILES string of the molecule is CCCCOc1ccc(OCCCCN2CCOCC2)cc1.Cl. The highest BCUT2D eigenvalue weighted by atomic mass is 35.5. The summed E-state index contributed by atoms with van der Waals surface area (Å²) in [6.45, 7) is 8.78. The molecule has 23 heavy (non-hydrogen) atoms. The molecule has 132 valence electrons. The summed E-state index contributed by atoms with van der Waals surface area (Å²) in [5, 5.41) is 0. The molecule has 0 aliphatic carbocycles. The average molecular weight is 344 g/mol. The van der Waals surface area contributed by atoms with Crippen molar-refractivity contribution in [2.24, 2.45) is 0 Å². The molecule has 1 heterocycles. The first-order chi connectivity index (χ1) is 10.9. The monoisotopic (exact) mass is 343 g/mol. The molecule has 1 saturated heterocycles. The van der Waals surface area contributed by atoms with Gasteiger partial charge < -0.3 is 14.2 Å². The van der Waals surface area contributed by atoms with Crippen molar-refractivity contribution in [3.05, 3.63) is 24.3 Å². The Labute approximate surface area is 146 Å². The minimum atomic E-state index is 0. The third-order valence-electron chi connectivity index (χ3n) is 3.83. The van der Waals surface area contributed by atoms with E-state index in [1.165, 1.54) is 6.42 Å². The van der Waals surface area contributed by atoms with Crippen LogP contribution in [0.3, 0.4) is 0 Å². The van der Waals surface area contributed by atoms with Crippen LogP contribution < -0.4 is 9.47 Å². The zero-order chi connectivity index (χ0) is 15.5. The third-order valence-corrected chi connectivity index (χ3v) is 3.83. The van der Waals surface area contributed by atoms with Gasteiger partial charge in [-0.1, -0.05) is 13.3 Å². The molecular weight excluding hydrogens is 314 g/mol. The number of morpholine rings is 1. The molecule has 0 spiro atoms. The predicted octanol–water partition coefficient (Wildman–Crippen LogP) is 3.78. The van der Waals surface area contributed by atoms with E-state index < -0.39 is 0 Å². The topological polar surface area (TPSA) is 30.9 Å². The number of hydrogen-bond acceptors (Lipinski definition) is 4. The lowest BCUT2D eigenvalue weighted by Gasteiger charge is -2.26. The Bertz CT molecular complexity index is 394. The van der Waals surface area contributed by atoms with Crippen LogP contribution in [0.1, 0.15) is 32.6 Å². The second-order valence-corrected chi connectivity index (χ2v) is 5.68. The second-order valence-electron chi connectivity index (χ2n) is 5.68. The summed E-state index contributed by atoms with van der Waals surface area (Å²) in [7, 11) is 0. The van der Waals surface area contributed by atoms with E-state index in [1.54, 1.807) is 0 Å². The van der Waals surface area contributed by atoms with Gasteiger partial charge in [0.1, 0.15) is 11.5 Å². The fourth-order valence-electron chi connectivity index (χ4n) is 2.42. The third kappa shape index (κ3) is 8.45. The number of nitrogens with zero attached hydrogens (tertiary/aromatic N) is 1. The number of benzene rings is 1. The van der Waals surface area contributed by atoms with Gasteiger partial charge >= 0.3 is 0 Å². The predicted molar refractivity (Wildman–Crippen MR) is 96.1 cm³/mol. The largest absolute Gasteiger partial charge is 0.494 e. The lowest BCUT2D eigenvalue weighted by molar-refractivity contribution is 0.0368. The van der Waals surface area contributed by atoms with Crippen molar-refractivity contribution in [3.8, 4) is 11.5 Å². The Morgan fingerprint density at radius 2 is 1.48 bits per heavy atom. The van der Waals surface area contributed by atoms with Crippen molar-refractivity contribution in [1.29, 1.82) is 0 Å². The van der Waals surface area contributed by atoms with Crippen LogP contribution in [0, 0.1) is 0 Å². The molecule has 0 unspecified atom stereocenters. The highest BCUT2D eigenvalue weighted by Crippen LogP contribution is 2.18. The number of hydrogen-bond donors (Lipinski definition) is 0. The molecule has 0 N–H and O–H groups in total. The Balaban J connectivity index is 0.00000264. The zero-order valence-electron chi connectivity index (χ0n) is 14.2. The first-order valence-corrected chi connectivity index (χ1v) is 8.54. The maximum absolute atomic E-state index is 5.78. The standard InChI is InChI=1S/C18H29NO3.ClH/c1-2-3-13-21-17-6-8-18(9-7-17)22-14-5-4-10-19-11-15-20-16-12-19;/h6-9H,2-5,10-16H2,1H3;1H. The molecule has 1 aliphatic heterocycles. The van der Waals surface area contributed by atoms with Gasteiger partial charge in [-0.05, 0) is 50.1 Å². The molecule has 0 saturated carbocycles. The molecule has 0 radical (unpaired) electrons. The quantitative estimate of drug-likeness (QED) is 0.605. The summed E-state index contributed by atoms with van der Waals surface area (Å²) in [6.07, 6.45) is 4.53. The van der Waals surface area contributed by atoms with Crippen molar-refractivity contribution in [2.75, 3.05) is 46.1 Å². The minimum Gasteiger partial charge on any atom is -0.494 e. The molecule has 1 aromatic rings. The van der Waals surface area contributed by atoms with Gasteiger partial charge in [-0.15, -0.1) is 12.4 Å². The smallest absolute Gasteiger partial charge is 0.119 e. The molecule has 0 atom stereocenters. The van der Waals surface area contributed by atoms with Gasteiger partial charge in [0.2, 0.25) is 0 Å². The Hall–Kier alpha value is -0.970. The summed E-state index contributed by atoms with van der Waals surface area (Å²) in [4.78, 5) is 2.46. The molecule has 1 aromatic carbocycles. The van der Waals surface area contributed by atoms with Gasteiger partial charge in [0.25, 0.3) is 0 Å². The minimum absolute atomic E-state index is 0. The zero-order valence-corrected chi connectivity index (χ0v) is 15.0. The van der Waals surface area contributed by atoms with Crippen molar-refractivity contribution < 1.29 is 14.2 Å². The molecule has 0 bridgehead atoms. The van der Waals surface area contributed by atoms with E-state index >= 15 is 0 Å². The second kappa shape index (κ2) is 12.5. The van der Waals surface area contributed by atoms with Crippen LogP contribution in [-0.4, -0.2) is 51.0 Å². The maximum atomic E-state index is 5.78. The fourth-order valence-corrected chi connectivity index (χ4v) is 2.42. The summed E-state index contributed by atoms with van der Waals surface area (Å²) in [5.41, 5.74) is 0. The van der Waals surface area contributed by atoms with Crippen LogP contribution in [0.5, 0.6) is 11.5 Å². The van der Waals surface area contributed by atoms with E-state index in [9.17, 15) is 0 Å². The van der Waals surface area contributed by atoms with Crippen LogP contribution in [0.2, 0.25) is 0 Å². The number of rotatable bonds is 10. The van der Waals surface area contributed by atoms with Gasteiger partial charge in [-0.25, -0.2) is 0 Å². The Kier molecular flexibility index (Phi) is 10.9. The van der Waals surface area contributed by atoms with Crippen LogP contribution in [-0.2, 0) is 4.74 Å². The summed E-state index contributed by atoms with van der Waals surface area (Å²) in [6, 6.07) is 7.95. The van der Waals surface area contributed by atoms with E-state index in [2.05, 4.69) is 11.8 Å². The average Bonchev–Trinajstić information content (AvgIpc) is 2.57. The van der Waals surface area contributed by atoms with E-state index in [0.29, 0.717) is 0 Å². The van der Waals surface area contributed by atoms with Crippen molar-refractivity contribution in [3.63, 3.8) is 0 Å². The summed E-state index contributed by atoms with van der Waals surface area (Å²) in [5.74, 6) is 1.85. The molecule has 1 aliphatic rings. The number of halogens is 1. The fraction of sp³-hybridized carbons (Fsp3) is 0.667. The molecule has 4 nitrogen and oxygen atoms in total. The van der Waals surface area contributed by atoms with Gasteiger partial charge in [0.15, 0.2) is 0 Å². The lowest BCUT2D eigenvalue weighted by atomic mass is 10.3. The normalized spacial score (nSPS) is 15.0.